The third-order valence-corrected chi connectivity index (χ3v) is 2.49. The normalized spacial score (nSPS) is 14.1. The Morgan fingerprint density at radius 1 is 1.33 bits per heavy atom. The van der Waals surface area contributed by atoms with Crippen LogP contribution in [0.25, 0.3) is 0 Å². The second-order valence-electron chi connectivity index (χ2n) is 4.03. The SMILES string of the molecule is CN1[CH]C=CC=C1NC(=O)Nc1ccc[n+](C)c1. The van der Waals surface area contributed by atoms with Crippen LogP contribution in [0.4, 0.5) is 10.5 Å². The molecule has 0 atom stereocenters. The molecule has 0 bridgehead atoms. The molecule has 18 heavy (non-hydrogen) atoms. The van der Waals surface area contributed by atoms with Crippen molar-refractivity contribution in [3.63, 3.8) is 0 Å². The number of anilines is 1. The van der Waals surface area contributed by atoms with Crippen molar-refractivity contribution >= 4 is 11.7 Å². The maximum atomic E-state index is 11.8. The van der Waals surface area contributed by atoms with Gasteiger partial charge in [-0.15, -0.1) is 0 Å². The van der Waals surface area contributed by atoms with Gasteiger partial charge < -0.3 is 10.2 Å². The van der Waals surface area contributed by atoms with Gasteiger partial charge in [0.15, 0.2) is 12.4 Å². The minimum absolute atomic E-state index is 0.261. The summed E-state index contributed by atoms with van der Waals surface area (Å²) in [6, 6.07) is 3.45. The van der Waals surface area contributed by atoms with Crippen molar-refractivity contribution in [3.8, 4) is 0 Å². The fourth-order valence-electron chi connectivity index (χ4n) is 1.59. The maximum absolute atomic E-state index is 11.8. The second-order valence-corrected chi connectivity index (χ2v) is 4.03. The van der Waals surface area contributed by atoms with Crippen LogP contribution >= 0.6 is 0 Å². The van der Waals surface area contributed by atoms with Crippen molar-refractivity contribution in [1.82, 2.24) is 10.2 Å². The molecule has 1 aromatic heterocycles. The predicted molar refractivity (Wildman–Crippen MR) is 69.1 cm³/mol. The lowest BCUT2D eigenvalue weighted by Gasteiger charge is -2.23. The van der Waals surface area contributed by atoms with E-state index < -0.39 is 0 Å². The summed E-state index contributed by atoms with van der Waals surface area (Å²) < 4.78 is 1.87. The van der Waals surface area contributed by atoms with Gasteiger partial charge in [0.25, 0.3) is 0 Å². The van der Waals surface area contributed by atoms with E-state index in [1.165, 1.54) is 0 Å². The number of likely N-dealkylation sites (N-methyl/N-ethyl adjacent to an activating group) is 1. The minimum atomic E-state index is -0.261. The molecule has 2 N–H and O–H groups in total. The number of hydrogen-bond donors (Lipinski definition) is 2. The quantitative estimate of drug-likeness (QED) is 0.766. The molecule has 0 saturated heterocycles. The van der Waals surface area contributed by atoms with Gasteiger partial charge in [0.05, 0.1) is 6.54 Å². The van der Waals surface area contributed by atoms with E-state index in [2.05, 4.69) is 10.6 Å². The number of carbonyl (C=O) groups excluding carboxylic acids is 1. The van der Waals surface area contributed by atoms with E-state index >= 15 is 0 Å². The molecule has 0 saturated carbocycles. The number of urea groups is 1. The third kappa shape index (κ3) is 3.10. The van der Waals surface area contributed by atoms with Crippen molar-refractivity contribution in [2.24, 2.45) is 7.05 Å². The average molecular weight is 244 g/mol. The number of hydrogen-bond acceptors (Lipinski definition) is 2. The number of allylic oxidation sites excluding steroid dienone is 2. The Balaban J connectivity index is 1.97. The van der Waals surface area contributed by atoms with Crippen molar-refractivity contribution < 1.29 is 9.36 Å². The first-order valence-electron chi connectivity index (χ1n) is 5.63. The molecule has 1 radical (unpaired) electrons. The van der Waals surface area contributed by atoms with Gasteiger partial charge in [0.2, 0.25) is 0 Å². The molecule has 2 rings (SSSR count). The number of nitrogens with one attached hydrogen (secondary N) is 2. The molecular weight excluding hydrogens is 228 g/mol. The molecule has 0 aliphatic carbocycles. The number of nitrogens with zero attached hydrogens (tertiary/aromatic N) is 2. The highest BCUT2D eigenvalue weighted by molar-refractivity contribution is 5.90. The summed E-state index contributed by atoms with van der Waals surface area (Å²) in [5.74, 6) is 0.732. The summed E-state index contributed by atoms with van der Waals surface area (Å²) in [5, 5.41) is 5.56. The number of amides is 2. The molecule has 1 aliphatic rings. The molecular formula is C13H16N4O+. The molecule has 2 amide bonds. The van der Waals surface area contributed by atoms with Crippen molar-refractivity contribution in [2.75, 3.05) is 12.4 Å². The molecule has 0 aromatic carbocycles. The van der Waals surface area contributed by atoms with Gasteiger partial charge in [-0.25, -0.2) is 9.36 Å². The van der Waals surface area contributed by atoms with Gasteiger partial charge in [-0.3, -0.25) is 5.32 Å². The monoisotopic (exact) mass is 244 g/mol. The van der Waals surface area contributed by atoms with E-state index in [1.54, 1.807) is 0 Å². The van der Waals surface area contributed by atoms with Gasteiger partial charge in [-0.05, 0) is 12.1 Å². The summed E-state index contributed by atoms with van der Waals surface area (Å²) >= 11 is 0. The van der Waals surface area contributed by atoms with Crippen LogP contribution in [0.5, 0.6) is 0 Å². The Bertz CT molecular complexity index is 507. The lowest BCUT2D eigenvalue weighted by Crippen LogP contribution is -2.36. The molecule has 5 heteroatoms. The third-order valence-electron chi connectivity index (χ3n) is 2.49. The summed E-state index contributed by atoms with van der Waals surface area (Å²) in [7, 11) is 3.78. The largest absolute Gasteiger partial charge is 0.352 e. The van der Waals surface area contributed by atoms with E-state index in [0.717, 1.165) is 11.5 Å². The lowest BCUT2D eigenvalue weighted by atomic mass is 10.3. The van der Waals surface area contributed by atoms with Crippen LogP contribution in [0.1, 0.15) is 0 Å². The standard InChI is InChI=1S/C13H15N4O/c1-16-8-5-6-11(10-16)14-13(18)15-12-7-3-4-9-17(12)2/h3-10H,1-2H3,(H-,14,15,18)/p+1. The summed E-state index contributed by atoms with van der Waals surface area (Å²) in [4.78, 5) is 13.6. The molecule has 0 spiro atoms. The Morgan fingerprint density at radius 2 is 2.17 bits per heavy atom. The summed E-state index contributed by atoms with van der Waals surface area (Å²) in [6.07, 6.45) is 9.35. The zero-order valence-corrected chi connectivity index (χ0v) is 10.4. The van der Waals surface area contributed by atoms with Crippen molar-refractivity contribution in [2.45, 2.75) is 0 Å². The molecule has 2 heterocycles. The fraction of sp³-hybridized carbons (Fsp3) is 0.154. The van der Waals surface area contributed by atoms with Crippen LogP contribution < -0.4 is 15.2 Å². The molecule has 1 aromatic rings. The van der Waals surface area contributed by atoms with Gasteiger partial charge in [0, 0.05) is 13.1 Å². The Morgan fingerprint density at radius 3 is 2.89 bits per heavy atom. The molecule has 0 unspecified atom stereocenters. The zero-order valence-electron chi connectivity index (χ0n) is 10.4. The van der Waals surface area contributed by atoms with Gasteiger partial charge in [-0.2, -0.15) is 0 Å². The Hall–Kier alpha value is -2.30. The Kier molecular flexibility index (Phi) is 3.62. The highest BCUT2D eigenvalue weighted by Gasteiger charge is 2.10. The van der Waals surface area contributed by atoms with Crippen LogP contribution in [-0.2, 0) is 7.05 Å². The van der Waals surface area contributed by atoms with E-state index in [-0.39, 0.29) is 6.03 Å². The van der Waals surface area contributed by atoms with Gasteiger partial charge in [-0.1, -0.05) is 12.2 Å². The maximum Gasteiger partial charge on any atom is 0.324 e. The minimum Gasteiger partial charge on any atom is -0.352 e. The molecule has 5 nitrogen and oxygen atoms in total. The lowest BCUT2D eigenvalue weighted by molar-refractivity contribution is -0.670. The van der Waals surface area contributed by atoms with E-state index in [4.69, 9.17) is 0 Å². The number of aryl methyl sites for hydroxylation is 1. The van der Waals surface area contributed by atoms with E-state index in [0.29, 0.717) is 0 Å². The second kappa shape index (κ2) is 5.35. The van der Waals surface area contributed by atoms with Crippen LogP contribution in [-0.4, -0.2) is 18.0 Å². The highest BCUT2D eigenvalue weighted by Crippen LogP contribution is 2.08. The first-order chi connectivity index (χ1) is 8.65. The van der Waals surface area contributed by atoms with E-state index in [1.807, 2.05) is 72.9 Å². The van der Waals surface area contributed by atoms with E-state index in [9.17, 15) is 4.79 Å². The predicted octanol–water partition coefficient (Wildman–Crippen LogP) is 1.14. The summed E-state index contributed by atoms with van der Waals surface area (Å²) in [6.45, 7) is 1.87. The van der Waals surface area contributed by atoms with Crippen LogP contribution in [0, 0.1) is 6.54 Å². The van der Waals surface area contributed by atoms with Crippen LogP contribution in [0.2, 0.25) is 0 Å². The first-order valence-corrected chi connectivity index (χ1v) is 5.63. The molecule has 93 valence electrons. The van der Waals surface area contributed by atoms with Crippen molar-refractivity contribution in [3.05, 3.63) is 55.1 Å². The first kappa shape index (κ1) is 12.2. The van der Waals surface area contributed by atoms with Crippen LogP contribution in [0.3, 0.4) is 0 Å². The topological polar surface area (TPSA) is 48.3 Å². The molecule has 1 aliphatic heterocycles. The van der Waals surface area contributed by atoms with Crippen LogP contribution in [0.15, 0.2) is 48.6 Å². The molecule has 0 fully saturated rings. The average Bonchev–Trinajstić information content (AvgIpc) is 2.32. The Labute approximate surface area is 106 Å². The van der Waals surface area contributed by atoms with Gasteiger partial charge >= 0.3 is 6.03 Å². The number of pyridine rings is 1. The number of carbonyl (C=O) groups is 1. The highest BCUT2D eigenvalue weighted by atomic mass is 16.2. The van der Waals surface area contributed by atoms with Gasteiger partial charge in [0.1, 0.15) is 18.6 Å². The fourth-order valence-corrected chi connectivity index (χ4v) is 1.59. The smallest absolute Gasteiger partial charge is 0.324 e. The summed E-state index contributed by atoms with van der Waals surface area (Å²) in [5.41, 5.74) is 0.746. The zero-order chi connectivity index (χ0) is 13.0. The van der Waals surface area contributed by atoms with Crippen molar-refractivity contribution in [1.29, 1.82) is 0 Å². The number of aromatic nitrogens is 1. The number of rotatable bonds is 2.